The van der Waals surface area contributed by atoms with Crippen LogP contribution >= 0.6 is 0 Å². The third-order valence-corrected chi connectivity index (χ3v) is 8.27. The number of alkyl carbamates (subject to hydrolysis) is 1. The maximum absolute atomic E-state index is 12.8. The van der Waals surface area contributed by atoms with Gasteiger partial charge in [-0.3, -0.25) is 9.38 Å². The summed E-state index contributed by atoms with van der Waals surface area (Å²) in [6.45, 7) is 5.65. The molecule has 1 N–H and O–H groups in total. The van der Waals surface area contributed by atoms with E-state index in [1.807, 2.05) is 69.9 Å². The van der Waals surface area contributed by atoms with Crippen LogP contribution in [0.4, 0.5) is 4.79 Å². The van der Waals surface area contributed by atoms with E-state index in [2.05, 4.69) is 57.2 Å². The molecule has 0 aliphatic heterocycles. The predicted molar refractivity (Wildman–Crippen MR) is 165 cm³/mol. The van der Waals surface area contributed by atoms with Crippen LogP contribution in [0, 0.1) is 6.42 Å². The Kier molecular flexibility index (Phi) is 7.11. The van der Waals surface area contributed by atoms with Crippen molar-refractivity contribution >= 4 is 11.7 Å². The van der Waals surface area contributed by atoms with Crippen molar-refractivity contribution in [1.82, 2.24) is 19.7 Å². The Morgan fingerprint density at radius 1 is 0.976 bits per heavy atom. The van der Waals surface area contributed by atoms with Gasteiger partial charge in [0.05, 0.1) is 37.2 Å². The zero-order valence-corrected chi connectivity index (χ0v) is 24.4. The van der Waals surface area contributed by atoms with Crippen LogP contribution in [0.5, 0.6) is 5.75 Å². The highest BCUT2D eigenvalue weighted by Gasteiger charge is 2.42. The highest BCUT2D eigenvalue weighted by molar-refractivity contribution is 5.87. The van der Waals surface area contributed by atoms with E-state index in [9.17, 15) is 4.79 Å². The Labute approximate surface area is 246 Å². The number of benzene rings is 2. The summed E-state index contributed by atoms with van der Waals surface area (Å²) in [6.07, 6.45) is 9.87. The van der Waals surface area contributed by atoms with Crippen LogP contribution in [0.2, 0.25) is 0 Å². The monoisotopic (exact) mass is 559 g/mol. The van der Waals surface area contributed by atoms with E-state index in [1.54, 1.807) is 13.3 Å². The first kappa shape index (κ1) is 27.4. The standard InChI is InChI=1S/C35H34N4O3/c1-5-34(2,3)42-33(40)38-35(18-10-19-35)27-16-14-24(15-17-27)30-31(25-11-7-6-8-12-25)39-20-9-13-29(32(39)37-30)26-21-28(41-4)23-36-22-26/h5-9,11-17,20-23H,10,18-19H2,1-4H3/p+1. The number of ether oxygens (including phenoxy) is 2. The Bertz CT molecular complexity index is 1720. The van der Waals surface area contributed by atoms with Gasteiger partial charge in [0, 0.05) is 48.5 Å². The fourth-order valence-corrected chi connectivity index (χ4v) is 5.53. The van der Waals surface area contributed by atoms with Gasteiger partial charge in [-0.25, -0.2) is 9.78 Å². The second-order valence-electron chi connectivity index (χ2n) is 11.3. The molecular formula is C35H35N4O3+. The summed E-state index contributed by atoms with van der Waals surface area (Å²) in [5.74, 6) is 0.693. The molecule has 0 bridgehead atoms. The average molecular weight is 560 g/mol. The number of carbonyl (C=O) groups is 1. The molecule has 212 valence electrons. The molecule has 0 spiro atoms. The van der Waals surface area contributed by atoms with Gasteiger partial charge in [0.2, 0.25) is 5.60 Å². The molecule has 7 nitrogen and oxygen atoms in total. The molecule has 1 fully saturated rings. The molecule has 42 heavy (non-hydrogen) atoms. The quantitative estimate of drug-likeness (QED) is 0.196. The lowest BCUT2D eigenvalue weighted by Gasteiger charge is -2.43. The number of carbonyl (C=O) groups excluding carboxylic acids is 1. The van der Waals surface area contributed by atoms with Gasteiger partial charge in [-0.05, 0) is 43.0 Å². The summed E-state index contributed by atoms with van der Waals surface area (Å²) < 4.78 is 13.2. The number of nitrogens with one attached hydrogen (secondary N) is 1. The minimum atomic E-state index is -0.629. The molecule has 1 saturated carbocycles. The minimum Gasteiger partial charge on any atom is -0.495 e. The summed E-state index contributed by atoms with van der Waals surface area (Å²) in [6, 6.07) is 24.8. The summed E-state index contributed by atoms with van der Waals surface area (Å²) in [5.41, 5.74) is 6.70. The number of methoxy groups -OCH3 is 1. The largest absolute Gasteiger partial charge is 0.495 e. The van der Waals surface area contributed by atoms with E-state index in [4.69, 9.17) is 14.5 Å². The second kappa shape index (κ2) is 10.9. The normalized spacial score (nSPS) is 14.2. The van der Waals surface area contributed by atoms with E-state index in [-0.39, 0.29) is 0 Å². The third-order valence-electron chi connectivity index (χ3n) is 8.27. The van der Waals surface area contributed by atoms with Crippen molar-refractivity contribution in [1.29, 1.82) is 0 Å². The van der Waals surface area contributed by atoms with Crippen molar-refractivity contribution in [2.45, 2.75) is 51.2 Å². The highest BCUT2D eigenvalue weighted by Crippen LogP contribution is 2.43. The SMILES string of the molecule is C[CH+]C(C)(C)OC(=O)NC1(c2ccc(-c3nc4c(-c5cncc(OC)c5)cccn4c3-c3ccccc3)cc2)CCC1. The van der Waals surface area contributed by atoms with Crippen LogP contribution in [-0.2, 0) is 10.3 Å². The maximum Gasteiger partial charge on any atom is 0.411 e. The van der Waals surface area contributed by atoms with Crippen molar-refractivity contribution in [3.63, 3.8) is 0 Å². The number of imidazole rings is 1. The smallest absolute Gasteiger partial charge is 0.411 e. The number of hydrogen-bond donors (Lipinski definition) is 1. The first-order valence-electron chi connectivity index (χ1n) is 14.3. The Hall–Kier alpha value is -4.78. The molecule has 3 heterocycles. The molecule has 0 saturated heterocycles. The second-order valence-corrected chi connectivity index (χ2v) is 11.3. The Balaban J connectivity index is 1.41. The predicted octanol–water partition coefficient (Wildman–Crippen LogP) is 7.85. The van der Waals surface area contributed by atoms with Crippen LogP contribution in [0.3, 0.4) is 0 Å². The lowest BCUT2D eigenvalue weighted by Crippen LogP contribution is -2.52. The zero-order chi connectivity index (χ0) is 29.3. The zero-order valence-electron chi connectivity index (χ0n) is 24.4. The van der Waals surface area contributed by atoms with Gasteiger partial charge < -0.3 is 14.8 Å². The first-order chi connectivity index (χ1) is 20.3. The minimum absolute atomic E-state index is 0.395. The lowest BCUT2D eigenvalue weighted by molar-refractivity contribution is 0.0455. The molecule has 6 rings (SSSR count). The van der Waals surface area contributed by atoms with Crippen LogP contribution in [-0.4, -0.2) is 33.2 Å². The topological polar surface area (TPSA) is 77.8 Å². The molecule has 0 unspecified atom stereocenters. The van der Waals surface area contributed by atoms with E-state index in [0.29, 0.717) is 5.75 Å². The summed E-state index contributed by atoms with van der Waals surface area (Å²) in [7, 11) is 1.64. The molecule has 5 aromatic rings. The van der Waals surface area contributed by atoms with Gasteiger partial charge in [0.25, 0.3) is 0 Å². The molecule has 0 atom stereocenters. The van der Waals surface area contributed by atoms with Crippen molar-refractivity contribution in [2.24, 2.45) is 0 Å². The van der Waals surface area contributed by atoms with E-state index >= 15 is 0 Å². The van der Waals surface area contributed by atoms with Gasteiger partial charge in [0.1, 0.15) is 17.8 Å². The average Bonchev–Trinajstić information content (AvgIpc) is 3.39. The van der Waals surface area contributed by atoms with Crippen molar-refractivity contribution in [2.75, 3.05) is 7.11 Å². The van der Waals surface area contributed by atoms with Gasteiger partial charge in [0.15, 0.2) is 0 Å². The van der Waals surface area contributed by atoms with E-state index < -0.39 is 17.2 Å². The molecular weight excluding hydrogens is 524 g/mol. The first-order valence-corrected chi connectivity index (χ1v) is 14.3. The molecule has 1 aliphatic carbocycles. The lowest BCUT2D eigenvalue weighted by atomic mass is 9.71. The van der Waals surface area contributed by atoms with Crippen LogP contribution in [0.25, 0.3) is 39.3 Å². The Morgan fingerprint density at radius 3 is 2.40 bits per heavy atom. The highest BCUT2D eigenvalue weighted by atomic mass is 16.6. The van der Waals surface area contributed by atoms with Gasteiger partial charge in [-0.1, -0.05) is 54.6 Å². The van der Waals surface area contributed by atoms with Crippen molar-refractivity contribution in [3.05, 3.63) is 103 Å². The van der Waals surface area contributed by atoms with Crippen molar-refractivity contribution < 1.29 is 14.3 Å². The number of nitrogens with zero attached hydrogens (tertiary/aromatic N) is 3. The molecule has 3 aromatic heterocycles. The Morgan fingerprint density at radius 2 is 1.74 bits per heavy atom. The fourth-order valence-electron chi connectivity index (χ4n) is 5.53. The third kappa shape index (κ3) is 5.07. The number of hydrogen-bond acceptors (Lipinski definition) is 5. The summed E-state index contributed by atoms with van der Waals surface area (Å²) in [4.78, 5) is 22.4. The van der Waals surface area contributed by atoms with Crippen LogP contribution < -0.4 is 10.1 Å². The maximum atomic E-state index is 12.8. The number of fused-ring (bicyclic) bond motifs is 1. The molecule has 7 heteroatoms. The van der Waals surface area contributed by atoms with Gasteiger partial charge >= 0.3 is 6.09 Å². The number of pyridine rings is 2. The van der Waals surface area contributed by atoms with Gasteiger partial charge in [-0.15, -0.1) is 0 Å². The number of rotatable bonds is 8. The van der Waals surface area contributed by atoms with Crippen LogP contribution in [0.1, 0.15) is 45.6 Å². The van der Waals surface area contributed by atoms with Crippen molar-refractivity contribution in [3.8, 4) is 39.4 Å². The molecule has 2 aromatic carbocycles. The van der Waals surface area contributed by atoms with Gasteiger partial charge in [-0.2, -0.15) is 0 Å². The molecule has 0 radical (unpaired) electrons. The van der Waals surface area contributed by atoms with E-state index in [0.717, 1.165) is 64.1 Å². The fraction of sp³-hybridized carbons (Fsp3) is 0.257. The number of amides is 1. The molecule has 1 aliphatic rings. The van der Waals surface area contributed by atoms with E-state index in [1.165, 1.54) is 0 Å². The summed E-state index contributed by atoms with van der Waals surface area (Å²) >= 11 is 0. The molecule has 1 amide bonds. The number of aromatic nitrogens is 3. The van der Waals surface area contributed by atoms with Crippen LogP contribution in [0.15, 0.2) is 91.4 Å². The summed E-state index contributed by atoms with van der Waals surface area (Å²) in [5, 5.41) is 3.17.